The van der Waals surface area contributed by atoms with Crippen LogP contribution in [0.25, 0.3) is 0 Å². The minimum absolute atomic E-state index is 0.346. The molecule has 4 nitrogen and oxygen atoms in total. The third-order valence-corrected chi connectivity index (χ3v) is 2.32. The summed E-state index contributed by atoms with van der Waals surface area (Å²) in [5.74, 6) is -0.103. The second kappa shape index (κ2) is 6.58. The number of benzene rings is 1. The zero-order chi connectivity index (χ0) is 12.7. The third kappa shape index (κ3) is 4.59. The van der Waals surface area contributed by atoms with E-state index in [2.05, 4.69) is 5.32 Å². The molecule has 0 aliphatic rings. The van der Waals surface area contributed by atoms with Crippen molar-refractivity contribution in [2.75, 3.05) is 19.0 Å². The largest absolute Gasteiger partial charge is 0.493 e. The standard InChI is InChI=1S/C13H17NO3/c1-10(13(15)16)4-3-9-17-12-7-5-11(14-2)6-8-12/h4-8,14H,3,9H2,1-2H3,(H,15,16). The maximum atomic E-state index is 10.5. The summed E-state index contributed by atoms with van der Waals surface area (Å²) >= 11 is 0. The van der Waals surface area contributed by atoms with Crippen molar-refractivity contribution in [3.05, 3.63) is 35.9 Å². The monoisotopic (exact) mass is 235 g/mol. The van der Waals surface area contributed by atoms with Crippen LogP contribution < -0.4 is 10.1 Å². The molecule has 0 heterocycles. The molecule has 0 aliphatic heterocycles. The zero-order valence-electron chi connectivity index (χ0n) is 10.1. The molecule has 2 N–H and O–H groups in total. The van der Waals surface area contributed by atoms with Crippen molar-refractivity contribution in [2.24, 2.45) is 0 Å². The Kier molecular flexibility index (Phi) is 5.07. The molecule has 0 spiro atoms. The number of anilines is 1. The normalized spacial score (nSPS) is 11.1. The molecule has 0 radical (unpaired) electrons. The Morgan fingerprint density at radius 3 is 2.59 bits per heavy atom. The fraction of sp³-hybridized carbons (Fsp3) is 0.308. The van der Waals surface area contributed by atoms with Gasteiger partial charge in [-0.15, -0.1) is 0 Å². The van der Waals surface area contributed by atoms with E-state index in [0.717, 1.165) is 11.4 Å². The van der Waals surface area contributed by atoms with Gasteiger partial charge in [-0.1, -0.05) is 6.08 Å². The lowest BCUT2D eigenvalue weighted by molar-refractivity contribution is -0.132. The second-order valence-corrected chi connectivity index (χ2v) is 3.60. The van der Waals surface area contributed by atoms with Crippen molar-refractivity contribution >= 4 is 11.7 Å². The Balaban J connectivity index is 2.36. The van der Waals surface area contributed by atoms with Crippen molar-refractivity contribution in [1.82, 2.24) is 0 Å². The van der Waals surface area contributed by atoms with Gasteiger partial charge in [0.25, 0.3) is 0 Å². The Bertz CT molecular complexity index is 396. The highest BCUT2D eigenvalue weighted by Gasteiger charge is 1.98. The molecule has 1 rings (SSSR count). The second-order valence-electron chi connectivity index (χ2n) is 3.60. The van der Waals surface area contributed by atoms with Crippen molar-refractivity contribution in [3.63, 3.8) is 0 Å². The first kappa shape index (κ1) is 13.1. The minimum Gasteiger partial charge on any atom is -0.493 e. The van der Waals surface area contributed by atoms with Gasteiger partial charge in [0, 0.05) is 24.7 Å². The Morgan fingerprint density at radius 2 is 2.06 bits per heavy atom. The highest BCUT2D eigenvalue weighted by molar-refractivity contribution is 5.85. The quantitative estimate of drug-likeness (QED) is 0.587. The Hall–Kier alpha value is -1.97. The third-order valence-electron chi connectivity index (χ3n) is 2.32. The summed E-state index contributed by atoms with van der Waals surface area (Å²) in [4.78, 5) is 10.5. The molecular formula is C13H17NO3. The van der Waals surface area contributed by atoms with Gasteiger partial charge in [-0.3, -0.25) is 0 Å². The molecule has 92 valence electrons. The molecule has 0 fully saturated rings. The molecule has 0 bridgehead atoms. The van der Waals surface area contributed by atoms with E-state index in [-0.39, 0.29) is 0 Å². The van der Waals surface area contributed by atoms with Crippen LogP contribution in [0.15, 0.2) is 35.9 Å². The van der Waals surface area contributed by atoms with Crippen molar-refractivity contribution < 1.29 is 14.6 Å². The molecule has 0 saturated heterocycles. The number of hydrogen-bond donors (Lipinski definition) is 2. The summed E-state index contributed by atoms with van der Waals surface area (Å²) in [6.45, 7) is 2.05. The predicted octanol–water partition coefficient (Wildman–Crippen LogP) is 2.53. The van der Waals surface area contributed by atoms with Crippen molar-refractivity contribution in [2.45, 2.75) is 13.3 Å². The maximum absolute atomic E-state index is 10.5. The molecule has 1 aromatic rings. The van der Waals surface area contributed by atoms with Crippen LogP contribution in [0.5, 0.6) is 5.75 Å². The fourth-order valence-electron chi connectivity index (χ4n) is 1.26. The molecule has 0 atom stereocenters. The average Bonchev–Trinajstić information content (AvgIpc) is 2.35. The van der Waals surface area contributed by atoms with Crippen LogP contribution in [-0.2, 0) is 4.79 Å². The molecule has 0 aliphatic carbocycles. The SMILES string of the molecule is CNc1ccc(OCCC=C(C)C(=O)O)cc1. The van der Waals surface area contributed by atoms with Crippen LogP contribution in [0.1, 0.15) is 13.3 Å². The van der Waals surface area contributed by atoms with E-state index in [1.165, 1.54) is 0 Å². The Labute approximate surface area is 101 Å². The summed E-state index contributed by atoms with van der Waals surface area (Å²) < 4.78 is 5.47. The summed E-state index contributed by atoms with van der Waals surface area (Å²) in [6.07, 6.45) is 2.25. The first-order valence-corrected chi connectivity index (χ1v) is 5.44. The number of rotatable bonds is 6. The van der Waals surface area contributed by atoms with Gasteiger partial charge in [0.2, 0.25) is 0 Å². The van der Waals surface area contributed by atoms with Gasteiger partial charge >= 0.3 is 5.97 Å². The lowest BCUT2D eigenvalue weighted by atomic mass is 10.2. The van der Waals surface area contributed by atoms with Gasteiger partial charge in [0.05, 0.1) is 6.61 Å². The van der Waals surface area contributed by atoms with Crippen LogP contribution in [-0.4, -0.2) is 24.7 Å². The van der Waals surface area contributed by atoms with E-state index in [1.807, 2.05) is 31.3 Å². The van der Waals surface area contributed by atoms with Gasteiger partial charge in [0.15, 0.2) is 0 Å². The highest BCUT2D eigenvalue weighted by Crippen LogP contribution is 2.15. The molecular weight excluding hydrogens is 218 g/mol. The van der Waals surface area contributed by atoms with Crippen LogP contribution in [0.2, 0.25) is 0 Å². The summed E-state index contributed by atoms with van der Waals surface area (Å²) in [6, 6.07) is 7.60. The van der Waals surface area contributed by atoms with Gasteiger partial charge in [-0.05, 0) is 31.2 Å². The number of carboxylic acids is 1. The molecule has 1 aromatic carbocycles. The fourth-order valence-corrected chi connectivity index (χ4v) is 1.26. The summed E-state index contributed by atoms with van der Waals surface area (Å²) in [5.41, 5.74) is 1.37. The number of hydrogen-bond acceptors (Lipinski definition) is 3. The molecule has 17 heavy (non-hydrogen) atoms. The lowest BCUT2D eigenvalue weighted by Gasteiger charge is -2.05. The Morgan fingerprint density at radius 1 is 1.41 bits per heavy atom. The highest BCUT2D eigenvalue weighted by atomic mass is 16.5. The number of ether oxygens (including phenoxy) is 1. The van der Waals surface area contributed by atoms with Crippen LogP contribution >= 0.6 is 0 Å². The average molecular weight is 235 g/mol. The molecule has 0 amide bonds. The van der Waals surface area contributed by atoms with Gasteiger partial charge < -0.3 is 15.2 Å². The number of aliphatic carboxylic acids is 1. The molecule has 0 unspecified atom stereocenters. The van der Waals surface area contributed by atoms with Crippen molar-refractivity contribution in [3.8, 4) is 5.75 Å². The maximum Gasteiger partial charge on any atom is 0.330 e. The molecule has 0 aromatic heterocycles. The van der Waals surface area contributed by atoms with E-state index in [1.54, 1.807) is 13.0 Å². The first-order chi connectivity index (χ1) is 8.13. The molecule has 4 heteroatoms. The van der Waals surface area contributed by atoms with Crippen LogP contribution in [0, 0.1) is 0 Å². The molecule has 0 saturated carbocycles. The van der Waals surface area contributed by atoms with E-state index in [4.69, 9.17) is 9.84 Å². The van der Waals surface area contributed by atoms with Gasteiger partial charge in [-0.25, -0.2) is 4.79 Å². The predicted molar refractivity (Wildman–Crippen MR) is 67.5 cm³/mol. The first-order valence-electron chi connectivity index (χ1n) is 5.44. The summed E-state index contributed by atoms with van der Waals surface area (Å²) in [5, 5.41) is 11.7. The minimum atomic E-state index is -0.886. The van der Waals surface area contributed by atoms with Gasteiger partial charge in [-0.2, -0.15) is 0 Å². The van der Waals surface area contributed by atoms with E-state index in [0.29, 0.717) is 18.6 Å². The van der Waals surface area contributed by atoms with E-state index < -0.39 is 5.97 Å². The van der Waals surface area contributed by atoms with Crippen LogP contribution in [0.4, 0.5) is 5.69 Å². The van der Waals surface area contributed by atoms with Crippen molar-refractivity contribution in [1.29, 1.82) is 0 Å². The van der Waals surface area contributed by atoms with Crippen LogP contribution in [0.3, 0.4) is 0 Å². The zero-order valence-corrected chi connectivity index (χ0v) is 10.1. The van der Waals surface area contributed by atoms with Gasteiger partial charge in [0.1, 0.15) is 5.75 Å². The van der Waals surface area contributed by atoms with E-state index >= 15 is 0 Å². The smallest absolute Gasteiger partial charge is 0.330 e. The summed E-state index contributed by atoms with van der Waals surface area (Å²) in [7, 11) is 1.86. The van der Waals surface area contributed by atoms with E-state index in [9.17, 15) is 4.79 Å². The number of carboxylic acid groups (broad SMARTS) is 1. The lowest BCUT2D eigenvalue weighted by Crippen LogP contribution is -1.99. The number of carbonyl (C=O) groups is 1. The number of nitrogens with one attached hydrogen (secondary N) is 1. The topological polar surface area (TPSA) is 58.6 Å².